The summed E-state index contributed by atoms with van der Waals surface area (Å²) in [4.78, 5) is 0. The largest absolute Gasteiger partial charge is 0.497 e. The molecule has 0 saturated heterocycles. The van der Waals surface area contributed by atoms with Gasteiger partial charge < -0.3 is 10.1 Å². The molecule has 96 valence electrons. The van der Waals surface area contributed by atoms with Crippen LogP contribution in [0, 0.1) is 5.92 Å². The first kappa shape index (κ1) is 14.3. The van der Waals surface area contributed by atoms with Crippen LogP contribution in [0.3, 0.4) is 0 Å². The number of hydrogen-bond donors (Lipinski definition) is 1. The first-order chi connectivity index (χ1) is 8.13. The molecule has 0 spiro atoms. The minimum absolute atomic E-state index is 0.299. The fourth-order valence-corrected chi connectivity index (χ4v) is 2.54. The summed E-state index contributed by atoms with van der Waals surface area (Å²) in [5, 5.41) is 4.13. The van der Waals surface area contributed by atoms with Crippen LogP contribution in [0.4, 0.5) is 0 Å². The molecule has 0 aliphatic carbocycles. The number of methoxy groups -OCH3 is 1. The van der Waals surface area contributed by atoms with E-state index >= 15 is 0 Å². The Hall–Kier alpha value is -0.730. The third kappa shape index (κ3) is 3.62. The van der Waals surface area contributed by atoms with Gasteiger partial charge >= 0.3 is 0 Å². The normalized spacial score (nSPS) is 14.4. The van der Waals surface area contributed by atoms with E-state index in [4.69, 9.17) is 16.3 Å². The van der Waals surface area contributed by atoms with Crippen molar-refractivity contribution in [1.82, 2.24) is 5.32 Å². The van der Waals surface area contributed by atoms with Gasteiger partial charge in [-0.15, -0.1) is 0 Å². The molecule has 1 aromatic carbocycles. The predicted octanol–water partition coefficient (Wildman–Crippen LogP) is 4.05. The van der Waals surface area contributed by atoms with Crippen LogP contribution in [-0.4, -0.2) is 14.2 Å². The number of halogens is 1. The van der Waals surface area contributed by atoms with E-state index in [1.807, 2.05) is 19.2 Å². The first-order valence-electron chi connectivity index (χ1n) is 6.14. The highest BCUT2D eigenvalue weighted by atomic mass is 35.5. The zero-order valence-electron chi connectivity index (χ0n) is 11.1. The van der Waals surface area contributed by atoms with Crippen molar-refractivity contribution in [1.29, 1.82) is 0 Å². The second kappa shape index (κ2) is 6.87. The molecule has 1 aromatic rings. The Morgan fingerprint density at radius 2 is 2.12 bits per heavy atom. The molecular formula is C14H22ClNO. The topological polar surface area (TPSA) is 21.3 Å². The molecule has 0 aliphatic rings. The molecule has 0 bridgehead atoms. The van der Waals surface area contributed by atoms with Gasteiger partial charge in [-0.3, -0.25) is 0 Å². The molecule has 3 heteroatoms. The Labute approximate surface area is 109 Å². The van der Waals surface area contributed by atoms with Crippen LogP contribution in [0.1, 0.15) is 38.3 Å². The predicted molar refractivity (Wildman–Crippen MR) is 73.9 cm³/mol. The van der Waals surface area contributed by atoms with Crippen LogP contribution in [0.25, 0.3) is 0 Å². The maximum absolute atomic E-state index is 6.31. The Kier molecular flexibility index (Phi) is 5.79. The highest BCUT2D eigenvalue weighted by molar-refractivity contribution is 6.31. The second-order valence-corrected chi connectivity index (χ2v) is 4.83. The van der Waals surface area contributed by atoms with Gasteiger partial charge in [-0.25, -0.2) is 0 Å². The maximum atomic E-state index is 6.31. The summed E-state index contributed by atoms with van der Waals surface area (Å²) < 4.78 is 5.17. The molecule has 0 amide bonds. The third-order valence-corrected chi connectivity index (χ3v) is 3.49. The summed E-state index contributed by atoms with van der Waals surface area (Å²) in [5.41, 5.74) is 1.15. The number of rotatable bonds is 6. The minimum Gasteiger partial charge on any atom is -0.497 e. The van der Waals surface area contributed by atoms with Gasteiger partial charge in [0.15, 0.2) is 0 Å². The summed E-state index contributed by atoms with van der Waals surface area (Å²) in [7, 11) is 3.64. The molecule has 1 N–H and O–H groups in total. The van der Waals surface area contributed by atoms with Crippen molar-refractivity contribution in [2.75, 3.05) is 14.2 Å². The zero-order valence-corrected chi connectivity index (χ0v) is 11.8. The molecule has 0 radical (unpaired) electrons. The smallest absolute Gasteiger partial charge is 0.120 e. The van der Waals surface area contributed by atoms with Crippen molar-refractivity contribution >= 4 is 11.6 Å². The van der Waals surface area contributed by atoms with E-state index in [1.54, 1.807) is 7.11 Å². The van der Waals surface area contributed by atoms with Crippen molar-refractivity contribution in [3.05, 3.63) is 28.8 Å². The molecule has 2 unspecified atom stereocenters. The monoisotopic (exact) mass is 255 g/mol. The summed E-state index contributed by atoms with van der Waals surface area (Å²) in [6.07, 6.45) is 2.38. The van der Waals surface area contributed by atoms with Crippen LogP contribution in [0.5, 0.6) is 5.75 Å². The second-order valence-electron chi connectivity index (χ2n) is 4.42. The fourth-order valence-electron chi connectivity index (χ4n) is 2.26. The van der Waals surface area contributed by atoms with Crippen molar-refractivity contribution in [3.63, 3.8) is 0 Å². The molecule has 2 nitrogen and oxygen atoms in total. The van der Waals surface area contributed by atoms with E-state index in [0.29, 0.717) is 12.0 Å². The fraction of sp³-hybridized carbons (Fsp3) is 0.571. The van der Waals surface area contributed by atoms with Crippen molar-refractivity contribution in [2.24, 2.45) is 5.92 Å². The Morgan fingerprint density at radius 1 is 1.41 bits per heavy atom. The maximum Gasteiger partial charge on any atom is 0.120 e. The van der Waals surface area contributed by atoms with Crippen LogP contribution >= 0.6 is 11.6 Å². The molecular weight excluding hydrogens is 234 g/mol. The number of hydrogen-bond acceptors (Lipinski definition) is 2. The van der Waals surface area contributed by atoms with Crippen LogP contribution in [0.2, 0.25) is 5.02 Å². The highest BCUT2D eigenvalue weighted by Crippen LogP contribution is 2.32. The van der Waals surface area contributed by atoms with E-state index in [1.165, 1.54) is 12.8 Å². The average Bonchev–Trinajstić information content (AvgIpc) is 2.32. The summed E-state index contributed by atoms with van der Waals surface area (Å²) in [6, 6.07) is 6.19. The molecule has 1 rings (SSSR count). The Balaban J connectivity index is 2.95. The van der Waals surface area contributed by atoms with Gasteiger partial charge in [-0.05, 0) is 37.1 Å². The van der Waals surface area contributed by atoms with Gasteiger partial charge in [0.1, 0.15) is 5.75 Å². The summed E-state index contributed by atoms with van der Waals surface area (Å²) >= 11 is 6.31. The number of ether oxygens (including phenoxy) is 1. The van der Waals surface area contributed by atoms with Crippen LogP contribution in [0.15, 0.2) is 18.2 Å². The number of nitrogens with one attached hydrogen (secondary N) is 1. The van der Waals surface area contributed by atoms with Gasteiger partial charge in [0.05, 0.1) is 7.11 Å². The van der Waals surface area contributed by atoms with E-state index in [9.17, 15) is 0 Å². The minimum atomic E-state index is 0.299. The van der Waals surface area contributed by atoms with Gasteiger partial charge in [0.25, 0.3) is 0 Å². The third-order valence-electron chi connectivity index (χ3n) is 3.17. The lowest BCUT2D eigenvalue weighted by atomic mass is 9.91. The Morgan fingerprint density at radius 3 is 2.59 bits per heavy atom. The standard InChI is InChI=1S/C14H22ClNO/c1-5-6-10(2)14(16-3)12-8-7-11(17-4)9-13(12)15/h7-10,14,16H,5-6H2,1-4H3. The summed E-state index contributed by atoms with van der Waals surface area (Å²) in [5.74, 6) is 1.37. The van der Waals surface area contributed by atoms with E-state index < -0.39 is 0 Å². The van der Waals surface area contributed by atoms with E-state index in [2.05, 4.69) is 25.2 Å². The summed E-state index contributed by atoms with van der Waals surface area (Å²) in [6.45, 7) is 4.46. The number of benzene rings is 1. The Bertz CT molecular complexity index is 354. The van der Waals surface area contributed by atoms with Crippen molar-refractivity contribution < 1.29 is 4.74 Å². The molecule has 17 heavy (non-hydrogen) atoms. The molecule has 2 atom stereocenters. The lowest BCUT2D eigenvalue weighted by molar-refractivity contribution is 0.382. The van der Waals surface area contributed by atoms with E-state index in [0.717, 1.165) is 16.3 Å². The van der Waals surface area contributed by atoms with Gasteiger partial charge in [-0.1, -0.05) is 37.9 Å². The van der Waals surface area contributed by atoms with Gasteiger partial charge in [0, 0.05) is 11.1 Å². The van der Waals surface area contributed by atoms with Crippen molar-refractivity contribution in [2.45, 2.75) is 32.7 Å². The van der Waals surface area contributed by atoms with E-state index in [-0.39, 0.29) is 0 Å². The first-order valence-corrected chi connectivity index (χ1v) is 6.52. The molecule has 0 saturated carbocycles. The molecule has 0 heterocycles. The lowest BCUT2D eigenvalue weighted by Gasteiger charge is -2.24. The highest BCUT2D eigenvalue weighted by Gasteiger charge is 2.19. The average molecular weight is 256 g/mol. The SMILES string of the molecule is CCCC(C)C(NC)c1ccc(OC)cc1Cl. The van der Waals surface area contributed by atoms with Crippen LogP contribution in [-0.2, 0) is 0 Å². The van der Waals surface area contributed by atoms with Gasteiger partial charge in [0.2, 0.25) is 0 Å². The molecule has 0 fully saturated rings. The quantitative estimate of drug-likeness (QED) is 0.828. The zero-order chi connectivity index (χ0) is 12.8. The lowest BCUT2D eigenvalue weighted by Crippen LogP contribution is -2.23. The van der Waals surface area contributed by atoms with Gasteiger partial charge in [-0.2, -0.15) is 0 Å². The van der Waals surface area contributed by atoms with Crippen molar-refractivity contribution in [3.8, 4) is 5.75 Å². The molecule has 0 aromatic heterocycles. The molecule has 0 aliphatic heterocycles. The van der Waals surface area contributed by atoms with Crippen LogP contribution < -0.4 is 10.1 Å².